The van der Waals surface area contributed by atoms with Gasteiger partial charge in [-0.05, 0) is 12.1 Å². The van der Waals surface area contributed by atoms with Crippen LogP contribution in [-0.2, 0) is 6.54 Å². The van der Waals surface area contributed by atoms with E-state index in [2.05, 4.69) is 0 Å². The first-order valence-corrected chi connectivity index (χ1v) is 6.41. The summed E-state index contributed by atoms with van der Waals surface area (Å²) in [6.45, 7) is 0.153. The molecule has 114 valence electrons. The van der Waals surface area contributed by atoms with Gasteiger partial charge >= 0.3 is 6.09 Å². The number of nitro groups is 1. The maximum atomic E-state index is 12.0. The monoisotopic (exact) mass is 302 g/mol. The molecule has 0 spiro atoms. The van der Waals surface area contributed by atoms with Gasteiger partial charge in [-0.3, -0.25) is 10.1 Å². The fourth-order valence-corrected chi connectivity index (χ4v) is 1.80. The van der Waals surface area contributed by atoms with E-state index < -0.39 is 11.0 Å². The number of phenolic OH excluding ortho intramolecular Hbond substituents is 1. The molecular formula is C15H14N2O5. The molecule has 1 amide bonds. The number of carbonyl (C=O) groups is 1. The number of hydrogen-bond donors (Lipinski definition) is 1. The Morgan fingerprint density at radius 2 is 2.00 bits per heavy atom. The van der Waals surface area contributed by atoms with Crippen LogP contribution in [0.15, 0.2) is 48.5 Å². The maximum absolute atomic E-state index is 12.0. The number of para-hydroxylation sites is 1. The maximum Gasteiger partial charge on any atom is 0.415 e. The molecular weight excluding hydrogens is 288 g/mol. The number of nitrogens with zero attached hydrogens (tertiary/aromatic N) is 2. The van der Waals surface area contributed by atoms with Crippen molar-refractivity contribution in [2.75, 3.05) is 7.05 Å². The number of non-ortho nitro benzene ring substituents is 1. The molecule has 0 fully saturated rings. The smallest absolute Gasteiger partial charge is 0.415 e. The van der Waals surface area contributed by atoms with Gasteiger partial charge in [-0.1, -0.05) is 24.3 Å². The molecule has 0 heterocycles. The van der Waals surface area contributed by atoms with E-state index in [1.807, 2.05) is 0 Å². The molecule has 1 N–H and O–H groups in total. The van der Waals surface area contributed by atoms with Crippen LogP contribution in [0.1, 0.15) is 5.56 Å². The van der Waals surface area contributed by atoms with Crippen molar-refractivity contribution < 1.29 is 19.6 Å². The number of hydrogen-bond acceptors (Lipinski definition) is 5. The van der Waals surface area contributed by atoms with Crippen molar-refractivity contribution in [3.05, 3.63) is 64.2 Å². The first-order chi connectivity index (χ1) is 10.5. The summed E-state index contributed by atoms with van der Waals surface area (Å²) in [5.41, 5.74) is 0.412. The first-order valence-electron chi connectivity index (χ1n) is 6.41. The number of nitro benzene ring substituents is 1. The molecule has 2 aromatic rings. The zero-order chi connectivity index (χ0) is 16.1. The predicted octanol–water partition coefficient (Wildman–Crippen LogP) is 2.93. The third kappa shape index (κ3) is 3.72. The molecule has 7 heteroatoms. The molecule has 0 aliphatic rings. The van der Waals surface area contributed by atoms with Gasteiger partial charge in [-0.25, -0.2) is 4.79 Å². The van der Waals surface area contributed by atoms with Crippen molar-refractivity contribution >= 4 is 11.8 Å². The topological polar surface area (TPSA) is 92.9 Å². The van der Waals surface area contributed by atoms with Crippen molar-refractivity contribution in [1.29, 1.82) is 0 Å². The SMILES string of the molecule is CN(Cc1ccccc1O)C(=O)Oc1cccc([N+](=O)[O-])c1. The van der Waals surface area contributed by atoms with Crippen molar-refractivity contribution in [3.8, 4) is 11.5 Å². The molecule has 2 aromatic carbocycles. The first kappa shape index (κ1) is 15.3. The zero-order valence-electron chi connectivity index (χ0n) is 11.8. The average Bonchev–Trinajstić information content (AvgIpc) is 2.49. The molecule has 0 aromatic heterocycles. The number of benzene rings is 2. The van der Waals surface area contributed by atoms with Gasteiger partial charge in [0.05, 0.1) is 17.5 Å². The molecule has 0 aliphatic heterocycles. The zero-order valence-corrected chi connectivity index (χ0v) is 11.8. The lowest BCUT2D eigenvalue weighted by molar-refractivity contribution is -0.384. The van der Waals surface area contributed by atoms with E-state index in [1.54, 1.807) is 18.2 Å². The minimum absolute atomic E-state index is 0.0810. The van der Waals surface area contributed by atoms with E-state index in [1.165, 1.54) is 42.3 Å². The van der Waals surface area contributed by atoms with E-state index in [0.717, 1.165) is 0 Å². The quantitative estimate of drug-likeness (QED) is 0.692. The van der Waals surface area contributed by atoms with Crippen molar-refractivity contribution in [1.82, 2.24) is 4.90 Å². The lowest BCUT2D eigenvalue weighted by atomic mass is 10.2. The second-order valence-electron chi connectivity index (χ2n) is 4.61. The van der Waals surface area contributed by atoms with Crippen LogP contribution in [0.25, 0.3) is 0 Å². The number of aromatic hydroxyl groups is 1. The van der Waals surface area contributed by atoms with E-state index in [0.29, 0.717) is 5.56 Å². The Kier molecular flexibility index (Phi) is 4.57. The lowest BCUT2D eigenvalue weighted by Gasteiger charge is -2.17. The molecule has 0 saturated heterocycles. The number of amides is 1. The summed E-state index contributed by atoms with van der Waals surface area (Å²) < 4.78 is 5.08. The van der Waals surface area contributed by atoms with Crippen LogP contribution in [0.3, 0.4) is 0 Å². The minimum atomic E-state index is -0.677. The molecule has 0 saturated carbocycles. The number of carbonyl (C=O) groups excluding carboxylic acids is 1. The molecule has 7 nitrogen and oxygen atoms in total. The second kappa shape index (κ2) is 6.57. The minimum Gasteiger partial charge on any atom is -0.508 e. The second-order valence-corrected chi connectivity index (χ2v) is 4.61. The van der Waals surface area contributed by atoms with Crippen LogP contribution in [0.2, 0.25) is 0 Å². The fourth-order valence-electron chi connectivity index (χ4n) is 1.80. The Labute approximate surface area is 126 Å². The summed E-state index contributed by atoms with van der Waals surface area (Å²) in [7, 11) is 1.51. The van der Waals surface area contributed by atoms with Crippen LogP contribution in [0, 0.1) is 10.1 Å². The van der Waals surface area contributed by atoms with Gasteiger partial charge in [-0.15, -0.1) is 0 Å². The highest BCUT2D eigenvalue weighted by molar-refractivity contribution is 5.70. The van der Waals surface area contributed by atoms with Crippen LogP contribution in [0.5, 0.6) is 11.5 Å². The van der Waals surface area contributed by atoms with Crippen LogP contribution < -0.4 is 4.74 Å². The number of ether oxygens (including phenoxy) is 1. The van der Waals surface area contributed by atoms with Crippen molar-refractivity contribution in [3.63, 3.8) is 0 Å². The highest BCUT2D eigenvalue weighted by Crippen LogP contribution is 2.21. The van der Waals surface area contributed by atoms with Crippen molar-refractivity contribution in [2.45, 2.75) is 6.54 Å². The summed E-state index contributed by atoms with van der Waals surface area (Å²) in [5, 5.41) is 20.4. The standard InChI is InChI=1S/C15H14N2O5/c1-16(10-11-5-2-3-8-14(11)18)15(19)22-13-7-4-6-12(9-13)17(20)21/h2-9,18H,10H2,1H3. The Morgan fingerprint density at radius 1 is 1.27 bits per heavy atom. The van der Waals surface area contributed by atoms with Gasteiger partial charge in [-0.2, -0.15) is 0 Å². The molecule has 0 aliphatic carbocycles. The Bertz CT molecular complexity index is 702. The fraction of sp³-hybridized carbons (Fsp3) is 0.133. The largest absolute Gasteiger partial charge is 0.508 e. The number of rotatable bonds is 4. The molecule has 0 atom stereocenters. The Morgan fingerprint density at radius 3 is 2.68 bits per heavy atom. The average molecular weight is 302 g/mol. The summed E-state index contributed by atoms with van der Waals surface area (Å²) in [6, 6.07) is 12.0. The predicted molar refractivity (Wildman–Crippen MR) is 78.7 cm³/mol. The van der Waals surface area contributed by atoms with Crippen LogP contribution >= 0.6 is 0 Å². The lowest BCUT2D eigenvalue weighted by Crippen LogP contribution is -2.29. The molecule has 0 radical (unpaired) electrons. The molecule has 22 heavy (non-hydrogen) atoms. The molecule has 0 bridgehead atoms. The Balaban J connectivity index is 2.04. The summed E-state index contributed by atoms with van der Waals surface area (Å²) in [4.78, 5) is 23.3. The van der Waals surface area contributed by atoms with E-state index in [4.69, 9.17) is 4.74 Å². The van der Waals surface area contributed by atoms with E-state index in [9.17, 15) is 20.0 Å². The normalized spacial score (nSPS) is 10.0. The van der Waals surface area contributed by atoms with Gasteiger partial charge in [0.1, 0.15) is 11.5 Å². The van der Waals surface area contributed by atoms with Gasteiger partial charge in [0.2, 0.25) is 0 Å². The van der Waals surface area contributed by atoms with E-state index >= 15 is 0 Å². The summed E-state index contributed by atoms with van der Waals surface area (Å²) in [6.07, 6.45) is -0.677. The Hall–Kier alpha value is -3.09. The van der Waals surface area contributed by atoms with E-state index in [-0.39, 0.29) is 23.7 Å². The van der Waals surface area contributed by atoms with Crippen molar-refractivity contribution in [2.24, 2.45) is 0 Å². The van der Waals surface area contributed by atoms with Gasteiger partial charge in [0, 0.05) is 18.7 Å². The highest BCUT2D eigenvalue weighted by Gasteiger charge is 2.15. The van der Waals surface area contributed by atoms with Gasteiger partial charge in [0.15, 0.2) is 0 Å². The molecule has 0 unspecified atom stereocenters. The summed E-state index contributed by atoms with van der Waals surface area (Å²) >= 11 is 0. The van der Waals surface area contributed by atoms with Crippen LogP contribution in [0.4, 0.5) is 10.5 Å². The third-order valence-electron chi connectivity index (χ3n) is 2.94. The van der Waals surface area contributed by atoms with Gasteiger partial charge in [0.25, 0.3) is 5.69 Å². The molecule has 2 rings (SSSR count). The highest BCUT2D eigenvalue weighted by atomic mass is 16.6. The van der Waals surface area contributed by atoms with Gasteiger partial charge < -0.3 is 14.7 Å². The number of phenols is 1. The summed E-state index contributed by atoms with van der Waals surface area (Å²) in [5.74, 6) is 0.167. The van der Waals surface area contributed by atoms with Crippen LogP contribution in [-0.4, -0.2) is 28.1 Å². The third-order valence-corrected chi connectivity index (χ3v) is 2.94.